The van der Waals surface area contributed by atoms with E-state index in [1.807, 2.05) is 12.4 Å². The number of nitrogens with zero attached hydrogens (tertiary/aromatic N) is 3. The van der Waals surface area contributed by atoms with Gasteiger partial charge in [0.2, 0.25) is 0 Å². The van der Waals surface area contributed by atoms with Crippen LogP contribution in [-0.2, 0) is 13.1 Å². The molecular weight excluding hydrogens is 174 g/mol. The van der Waals surface area contributed by atoms with Crippen molar-refractivity contribution in [3.05, 3.63) is 18.2 Å². The van der Waals surface area contributed by atoms with Crippen LogP contribution >= 0.6 is 0 Å². The van der Waals surface area contributed by atoms with Crippen LogP contribution in [0.2, 0.25) is 0 Å². The third kappa shape index (κ3) is 1.97. The summed E-state index contributed by atoms with van der Waals surface area (Å²) < 4.78 is 2.22. The molecule has 0 saturated heterocycles. The third-order valence-corrected chi connectivity index (χ3v) is 2.62. The van der Waals surface area contributed by atoms with Gasteiger partial charge in [-0.1, -0.05) is 0 Å². The quantitative estimate of drug-likeness (QED) is 0.524. The number of aromatic nitrogens is 2. The highest BCUT2D eigenvalue weighted by molar-refractivity contribution is 4.95. The van der Waals surface area contributed by atoms with Crippen LogP contribution in [0.5, 0.6) is 0 Å². The van der Waals surface area contributed by atoms with Crippen molar-refractivity contribution in [3.63, 3.8) is 0 Å². The molecule has 0 saturated carbocycles. The number of imidazole rings is 1. The molecule has 0 unspecified atom stereocenters. The first kappa shape index (κ1) is 9.29. The van der Waals surface area contributed by atoms with Crippen LogP contribution in [0.15, 0.2) is 12.4 Å². The number of fused-ring (bicyclic) bond motifs is 1. The highest BCUT2D eigenvalue weighted by Gasteiger charge is 2.15. The van der Waals surface area contributed by atoms with Crippen LogP contribution in [0.1, 0.15) is 18.7 Å². The van der Waals surface area contributed by atoms with Crippen molar-refractivity contribution in [2.75, 3.05) is 13.1 Å². The lowest BCUT2D eigenvalue weighted by Crippen LogP contribution is -2.34. The van der Waals surface area contributed by atoms with E-state index in [4.69, 9.17) is 6.42 Å². The van der Waals surface area contributed by atoms with Gasteiger partial charge in [-0.25, -0.2) is 4.98 Å². The lowest BCUT2D eigenvalue weighted by molar-refractivity contribution is 0.215. The zero-order chi connectivity index (χ0) is 9.80. The van der Waals surface area contributed by atoms with Gasteiger partial charge in [0.05, 0.1) is 6.54 Å². The van der Waals surface area contributed by atoms with Crippen LogP contribution in [0, 0.1) is 12.3 Å². The number of hydrogen-bond acceptors (Lipinski definition) is 2. The zero-order valence-electron chi connectivity index (χ0n) is 8.32. The molecule has 0 fully saturated rings. The highest BCUT2D eigenvalue weighted by atomic mass is 15.2. The second-order valence-corrected chi connectivity index (χ2v) is 3.62. The summed E-state index contributed by atoms with van der Waals surface area (Å²) in [7, 11) is 0. The fourth-order valence-corrected chi connectivity index (χ4v) is 1.82. The van der Waals surface area contributed by atoms with Gasteiger partial charge in [-0.15, -0.1) is 12.3 Å². The SMILES string of the molecule is C#CCCCN1CCn2ccnc2C1. The van der Waals surface area contributed by atoms with Crippen LogP contribution in [0.25, 0.3) is 0 Å². The minimum absolute atomic E-state index is 0.880. The molecule has 14 heavy (non-hydrogen) atoms. The maximum atomic E-state index is 5.22. The Balaban J connectivity index is 1.86. The van der Waals surface area contributed by atoms with Crippen molar-refractivity contribution in [2.24, 2.45) is 0 Å². The number of hydrogen-bond donors (Lipinski definition) is 0. The lowest BCUT2D eigenvalue weighted by atomic mass is 10.2. The Hall–Kier alpha value is -1.27. The van der Waals surface area contributed by atoms with Crippen molar-refractivity contribution >= 4 is 0 Å². The first-order chi connectivity index (χ1) is 6.90. The van der Waals surface area contributed by atoms with Gasteiger partial charge in [0, 0.05) is 31.9 Å². The molecule has 3 nitrogen and oxygen atoms in total. The lowest BCUT2D eigenvalue weighted by Gasteiger charge is -2.27. The summed E-state index contributed by atoms with van der Waals surface area (Å²) in [6, 6.07) is 0. The van der Waals surface area contributed by atoms with E-state index >= 15 is 0 Å². The number of rotatable bonds is 3. The zero-order valence-corrected chi connectivity index (χ0v) is 8.32. The van der Waals surface area contributed by atoms with Crippen molar-refractivity contribution in [1.29, 1.82) is 0 Å². The minimum atomic E-state index is 0.880. The molecule has 0 bridgehead atoms. The molecule has 0 amide bonds. The minimum Gasteiger partial charge on any atom is -0.333 e. The Morgan fingerprint density at radius 1 is 1.50 bits per heavy atom. The van der Waals surface area contributed by atoms with Crippen molar-refractivity contribution in [3.8, 4) is 12.3 Å². The first-order valence-electron chi connectivity index (χ1n) is 5.06. The number of terminal acetylenes is 1. The molecule has 1 aromatic rings. The number of unbranched alkanes of at least 4 members (excludes halogenated alkanes) is 1. The van der Waals surface area contributed by atoms with Gasteiger partial charge < -0.3 is 4.57 Å². The second kappa shape index (κ2) is 4.30. The van der Waals surface area contributed by atoms with E-state index in [0.717, 1.165) is 39.0 Å². The molecule has 0 atom stereocenters. The molecule has 1 aliphatic rings. The van der Waals surface area contributed by atoms with Gasteiger partial charge in [-0.3, -0.25) is 4.90 Å². The fourth-order valence-electron chi connectivity index (χ4n) is 1.82. The Morgan fingerprint density at radius 2 is 2.43 bits per heavy atom. The van der Waals surface area contributed by atoms with Gasteiger partial charge in [0.1, 0.15) is 5.82 Å². The van der Waals surface area contributed by atoms with Crippen molar-refractivity contribution in [1.82, 2.24) is 14.5 Å². The van der Waals surface area contributed by atoms with Crippen LogP contribution < -0.4 is 0 Å². The molecule has 0 radical (unpaired) electrons. The Labute approximate surface area is 84.7 Å². The van der Waals surface area contributed by atoms with E-state index in [-0.39, 0.29) is 0 Å². The molecule has 2 rings (SSSR count). The standard InChI is InChI=1S/C11H15N3/c1-2-3-4-6-13-8-9-14-7-5-12-11(14)10-13/h1,5,7H,3-4,6,8-10H2. The van der Waals surface area contributed by atoms with E-state index in [2.05, 4.69) is 20.4 Å². The van der Waals surface area contributed by atoms with Gasteiger partial charge in [-0.2, -0.15) is 0 Å². The summed E-state index contributed by atoms with van der Waals surface area (Å²) in [6.45, 7) is 4.24. The summed E-state index contributed by atoms with van der Waals surface area (Å²) in [5.41, 5.74) is 0. The average Bonchev–Trinajstić information content (AvgIpc) is 2.65. The topological polar surface area (TPSA) is 21.1 Å². The van der Waals surface area contributed by atoms with Crippen LogP contribution in [0.4, 0.5) is 0 Å². The Kier molecular flexibility index (Phi) is 2.85. The maximum absolute atomic E-state index is 5.22. The highest BCUT2D eigenvalue weighted by Crippen LogP contribution is 2.10. The normalized spacial score (nSPS) is 16.2. The molecule has 0 N–H and O–H groups in total. The monoisotopic (exact) mass is 189 g/mol. The predicted molar refractivity (Wildman–Crippen MR) is 55.6 cm³/mol. The van der Waals surface area contributed by atoms with E-state index < -0.39 is 0 Å². The largest absolute Gasteiger partial charge is 0.333 e. The molecule has 3 heteroatoms. The summed E-state index contributed by atoms with van der Waals surface area (Å²) in [4.78, 5) is 6.73. The molecule has 0 spiro atoms. The molecule has 1 aromatic heterocycles. The molecule has 1 aliphatic heterocycles. The van der Waals surface area contributed by atoms with Gasteiger partial charge in [-0.05, 0) is 13.0 Å². The van der Waals surface area contributed by atoms with Crippen molar-refractivity contribution in [2.45, 2.75) is 25.9 Å². The fraction of sp³-hybridized carbons (Fsp3) is 0.545. The summed E-state index contributed by atoms with van der Waals surface area (Å²) >= 11 is 0. The second-order valence-electron chi connectivity index (χ2n) is 3.62. The molecule has 0 aromatic carbocycles. The summed E-state index contributed by atoms with van der Waals surface area (Å²) in [5, 5.41) is 0. The van der Waals surface area contributed by atoms with E-state index in [1.165, 1.54) is 5.82 Å². The Morgan fingerprint density at radius 3 is 3.29 bits per heavy atom. The van der Waals surface area contributed by atoms with Crippen molar-refractivity contribution < 1.29 is 0 Å². The van der Waals surface area contributed by atoms with E-state index in [0.29, 0.717) is 0 Å². The van der Waals surface area contributed by atoms with Crippen LogP contribution in [0.3, 0.4) is 0 Å². The Bertz CT molecular complexity index is 335. The van der Waals surface area contributed by atoms with Gasteiger partial charge in [0.15, 0.2) is 0 Å². The summed E-state index contributed by atoms with van der Waals surface area (Å²) in [5.74, 6) is 3.85. The third-order valence-electron chi connectivity index (χ3n) is 2.62. The van der Waals surface area contributed by atoms with Crippen LogP contribution in [-0.4, -0.2) is 27.5 Å². The van der Waals surface area contributed by atoms with E-state index in [9.17, 15) is 0 Å². The van der Waals surface area contributed by atoms with Gasteiger partial charge in [0.25, 0.3) is 0 Å². The predicted octanol–water partition coefficient (Wildman–Crippen LogP) is 1.11. The first-order valence-corrected chi connectivity index (χ1v) is 5.06. The smallest absolute Gasteiger partial charge is 0.122 e. The van der Waals surface area contributed by atoms with E-state index in [1.54, 1.807) is 0 Å². The molecule has 0 aliphatic carbocycles. The summed E-state index contributed by atoms with van der Waals surface area (Å²) in [6.07, 6.45) is 11.1. The molecule has 74 valence electrons. The average molecular weight is 189 g/mol. The van der Waals surface area contributed by atoms with Gasteiger partial charge >= 0.3 is 0 Å². The molecule has 2 heterocycles. The molecular formula is C11H15N3. The maximum Gasteiger partial charge on any atom is 0.122 e.